The van der Waals surface area contributed by atoms with Crippen LogP contribution < -0.4 is 0 Å². The van der Waals surface area contributed by atoms with Gasteiger partial charge in [0.15, 0.2) is 12.4 Å². The number of rotatable bonds is 5. The highest BCUT2D eigenvalue weighted by molar-refractivity contribution is 6.06. The van der Waals surface area contributed by atoms with Crippen molar-refractivity contribution in [3.05, 3.63) is 47.5 Å². The Kier molecular flexibility index (Phi) is 5.03. The number of Topliss-reactive ketones (excluding diaryl/α,β-unsaturated/α-hetero) is 1. The number of likely N-dealkylation sites (tertiary alicyclic amines) is 1. The Labute approximate surface area is 181 Å². The lowest BCUT2D eigenvalue weighted by atomic mass is 9.85. The normalized spacial score (nSPS) is 33.6. The highest BCUT2D eigenvalue weighted by Gasteiger charge is 2.60. The van der Waals surface area contributed by atoms with E-state index in [1.54, 1.807) is 12.1 Å². The first-order valence-electron chi connectivity index (χ1n) is 11.3. The van der Waals surface area contributed by atoms with Crippen molar-refractivity contribution >= 4 is 23.6 Å². The summed E-state index contributed by atoms with van der Waals surface area (Å²) >= 11 is 0. The molecule has 2 bridgehead atoms. The van der Waals surface area contributed by atoms with E-state index in [1.165, 1.54) is 4.90 Å². The number of esters is 1. The van der Waals surface area contributed by atoms with Crippen LogP contribution in [-0.2, 0) is 19.1 Å². The third-order valence-electron chi connectivity index (χ3n) is 7.62. The lowest BCUT2D eigenvalue weighted by molar-refractivity contribution is -0.149. The Morgan fingerprint density at radius 1 is 0.935 bits per heavy atom. The molecule has 2 amide bonds. The number of ketones is 1. The lowest BCUT2D eigenvalue weighted by Gasteiger charge is -2.33. The van der Waals surface area contributed by atoms with Crippen molar-refractivity contribution in [2.45, 2.75) is 45.1 Å². The summed E-state index contributed by atoms with van der Waals surface area (Å²) in [5.41, 5.74) is 1.59. The van der Waals surface area contributed by atoms with E-state index in [2.05, 4.69) is 12.2 Å². The molecule has 162 valence electrons. The van der Waals surface area contributed by atoms with Crippen molar-refractivity contribution in [2.24, 2.45) is 29.6 Å². The van der Waals surface area contributed by atoms with Gasteiger partial charge in [-0.2, -0.15) is 0 Å². The quantitative estimate of drug-likeness (QED) is 0.316. The smallest absolute Gasteiger partial charge is 0.309 e. The second kappa shape index (κ2) is 7.74. The second-order valence-electron chi connectivity index (χ2n) is 9.45. The number of hydrogen-bond donors (Lipinski definition) is 0. The summed E-state index contributed by atoms with van der Waals surface area (Å²) in [5.74, 6) is -0.795. The van der Waals surface area contributed by atoms with E-state index in [-0.39, 0.29) is 65.8 Å². The molecular formula is C25H27NO5. The van der Waals surface area contributed by atoms with E-state index < -0.39 is 0 Å². The van der Waals surface area contributed by atoms with Crippen LogP contribution in [0.5, 0.6) is 0 Å². The Balaban J connectivity index is 1.13. The van der Waals surface area contributed by atoms with Gasteiger partial charge in [-0.15, -0.1) is 0 Å². The maximum atomic E-state index is 13.0. The number of aryl methyl sites for hydroxylation is 1. The predicted octanol–water partition coefficient (Wildman–Crippen LogP) is 3.09. The van der Waals surface area contributed by atoms with Crippen LogP contribution in [0.25, 0.3) is 0 Å². The van der Waals surface area contributed by atoms with E-state index in [9.17, 15) is 19.2 Å². The Morgan fingerprint density at radius 2 is 1.52 bits per heavy atom. The molecule has 0 N–H and O–H groups in total. The molecule has 4 aliphatic rings. The molecule has 1 saturated heterocycles. The Bertz CT molecular complexity index is 927. The molecule has 3 aliphatic carbocycles. The van der Waals surface area contributed by atoms with Crippen molar-refractivity contribution in [3.63, 3.8) is 0 Å². The molecule has 6 heteroatoms. The molecule has 1 aromatic carbocycles. The van der Waals surface area contributed by atoms with Crippen molar-refractivity contribution in [1.29, 1.82) is 0 Å². The molecule has 0 radical (unpaired) electrons. The number of ether oxygens (including phenoxy) is 1. The van der Waals surface area contributed by atoms with Crippen molar-refractivity contribution in [3.8, 4) is 0 Å². The first-order valence-corrected chi connectivity index (χ1v) is 11.3. The Hall–Kier alpha value is -2.76. The first kappa shape index (κ1) is 20.2. The maximum absolute atomic E-state index is 13.0. The number of amides is 2. The van der Waals surface area contributed by atoms with Gasteiger partial charge in [0.25, 0.3) is 0 Å². The SMILES string of the molecule is Cc1ccc(C(=O)COC(=O)C2CCC(N3C(=O)[C@@H]4[C@H](C3=O)[C@H]3C=C[C@H]4C3)CC2)cc1. The van der Waals surface area contributed by atoms with Gasteiger partial charge in [-0.25, -0.2) is 0 Å². The minimum Gasteiger partial charge on any atom is -0.457 e. The van der Waals surface area contributed by atoms with Gasteiger partial charge in [-0.3, -0.25) is 24.1 Å². The zero-order valence-electron chi connectivity index (χ0n) is 17.7. The van der Waals surface area contributed by atoms with Gasteiger partial charge in [0.05, 0.1) is 17.8 Å². The summed E-state index contributed by atoms with van der Waals surface area (Å²) in [6, 6.07) is 7.05. The number of hydrogen-bond acceptors (Lipinski definition) is 5. The van der Waals surface area contributed by atoms with Crippen LogP contribution in [0.2, 0.25) is 0 Å². The maximum Gasteiger partial charge on any atom is 0.309 e. The van der Waals surface area contributed by atoms with E-state index in [4.69, 9.17) is 4.74 Å². The van der Waals surface area contributed by atoms with Crippen LogP contribution in [0.1, 0.15) is 48.0 Å². The minimum absolute atomic E-state index is 0.0124. The summed E-state index contributed by atoms with van der Waals surface area (Å²) in [5, 5.41) is 0. The highest BCUT2D eigenvalue weighted by atomic mass is 16.5. The van der Waals surface area contributed by atoms with Crippen LogP contribution in [0.15, 0.2) is 36.4 Å². The summed E-state index contributed by atoms with van der Waals surface area (Å²) in [6.07, 6.45) is 7.51. The third-order valence-corrected chi connectivity index (χ3v) is 7.62. The molecule has 4 atom stereocenters. The molecule has 31 heavy (non-hydrogen) atoms. The molecule has 0 aromatic heterocycles. The van der Waals surface area contributed by atoms with Gasteiger partial charge in [-0.1, -0.05) is 42.0 Å². The molecule has 1 aliphatic heterocycles. The minimum atomic E-state index is -0.364. The van der Waals surface area contributed by atoms with Crippen molar-refractivity contribution < 1.29 is 23.9 Å². The Morgan fingerprint density at radius 3 is 2.10 bits per heavy atom. The number of carbonyl (C=O) groups is 4. The predicted molar refractivity (Wildman–Crippen MR) is 112 cm³/mol. The largest absolute Gasteiger partial charge is 0.457 e. The molecule has 0 spiro atoms. The number of benzene rings is 1. The average molecular weight is 421 g/mol. The first-order chi connectivity index (χ1) is 14.9. The van der Waals surface area contributed by atoms with E-state index in [1.807, 2.05) is 19.1 Å². The molecule has 5 rings (SSSR count). The molecule has 6 nitrogen and oxygen atoms in total. The highest BCUT2D eigenvalue weighted by Crippen LogP contribution is 2.53. The topological polar surface area (TPSA) is 80.8 Å². The van der Waals surface area contributed by atoms with Gasteiger partial charge in [0, 0.05) is 11.6 Å². The average Bonchev–Trinajstić information content (AvgIpc) is 3.46. The zero-order valence-corrected chi connectivity index (χ0v) is 17.7. The number of carbonyl (C=O) groups excluding carboxylic acids is 4. The van der Waals surface area contributed by atoms with Crippen LogP contribution in [0.4, 0.5) is 0 Å². The summed E-state index contributed by atoms with van der Waals surface area (Å²) < 4.78 is 5.28. The fourth-order valence-corrected chi connectivity index (χ4v) is 5.93. The van der Waals surface area contributed by atoms with Gasteiger partial charge in [-0.05, 0) is 50.9 Å². The fraction of sp³-hybridized carbons (Fsp3) is 0.520. The summed E-state index contributed by atoms with van der Waals surface area (Å²) in [7, 11) is 0. The van der Waals surface area contributed by atoms with Crippen LogP contribution in [-0.4, -0.2) is 41.1 Å². The van der Waals surface area contributed by atoms with Crippen LogP contribution in [0.3, 0.4) is 0 Å². The molecule has 1 aromatic rings. The van der Waals surface area contributed by atoms with Crippen molar-refractivity contribution in [1.82, 2.24) is 4.90 Å². The molecular weight excluding hydrogens is 394 g/mol. The standard InChI is InChI=1S/C25H27NO5/c1-14-2-4-15(5-3-14)20(27)13-31-25(30)16-8-10-19(11-9-16)26-23(28)21-17-6-7-18(12-17)22(21)24(26)29/h2-7,16-19,21-22H,8-13H2,1H3/t16?,17-,18-,19?,21-,22+/m0/s1. The van der Waals surface area contributed by atoms with Gasteiger partial charge < -0.3 is 4.74 Å². The van der Waals surface area contributed by atoms with E-state index >= 15 is 0 Å². The van der Waals surface area contributed by atoms with Crippen molar-refractivity contribution in [2.75, 3.05) is 6.61 Å². The second-order valence-corrected chi connectivity index (χ2v) is 9.45. The van der Waals surface area contributed by atoms with E-state index in [0.717, 1.165) is 12.0 Å². The third kappa shape index (κ3) is 3.42. The van der Waals surface area contributed by atoms with E-state index in [0.29, 0.717) is 31.2 Å². The van der Waals surface area contributed by atoms with Crippen LogP contribution >= 0.6 is 0 Å². The van der Waals surface area contributed by atoms with Gasteiger partial charge in [0.1, 0.15) is 0 Å². The fourth-order valence-electron chi connectivity index (χ4n) is 5.93. The lowest BCUT2D eigenvalue weighted by Crippen LogP contribution is -2.44. The number of allylic oxidation sites excluding steroid dienone is 2. The summed E-state index contributed by atoms with van der Waals surface area (Å²) in [6.45, 7) is 1.69. The number of fused-ring (bicyclic) bond motifs is 5. The zero-order chi connectivity index (χ0) is 21.7. The molecule has 3 fully saturated rings. The van der Waals surface area contributed by atoms with Gasteiger partial charge >= 0.3 is 5.97 Å². The summed E-state index contributed by atoms with van der Waals surface area (Å²) in [4.78, 5) is 52.2. The molecule has 2 saturated carbocycles. The number of nitrogens with zero attached hydrogens (tertiary/aromatic N) is 1. The number of imide groups is 1. The monoisotopic (exact) mass is 421 g/mol. The molecule has 1 heterocycles. The molecule has 0 unspecified atom stereocenters. The van der Waals surface area contributed by atoms with Gasteiger partial charge in [0.2, 0.25) is 11.8 Å². The van der Waals surface area contributed by atoms with Crippen LogP contribution in [0, 0.1) is 36.5 Å².